The summed E-state index contributed by atoms with van der Waals surface area (Å²) < 4.78 is 0. The quantitative estimate of drug-likeness (QED) is 0.295. The Morgan fingerprint density at radius 1 is 1.25 bits per heavy atom. The number of aryl methyl sites for hydroxylation is 3. The van der Waals surface area contributed by atoms with E-state index in [-0.39, 0.29) is 5.84 Å². The number of nitrogens with zero attached hydrogens (tertiary/aromatic N) is 4. The third-order valence-corrected chi connectivity index (χ3v) is 3.50. The van der Waals surface area contributed by atoms with E-state index >= 15 is 0 Å². The second-order valence-corrected chi connectivity index (χ2v) is 5.28. The fourth-order valence-electron chi connectivity index (χ4n) is 1.80. The Kier molecular flexibility index (Phi) is 4.19. The highest BCUT2D eigenvalue weighted by molar-refractivity contribution is 7.99. The summed E-state index contributed by atoms with van der Waals surface area (Å²) in [5, 5.41) is 13.2. The molecule has 7 heteroatoms. The van der Waals surface area contributed by atoms with Crippen molar-refractivity contribution in [3.8, 4) is 0 Å². The largest absolute Gasteiger partial charge is 0.409 e. The Balaban J connectivity index is 2.50. The first-order chi connectivity index (χ1) is 9.51. The maximum atomic E-state index is 8.91. The van der Waals surface area contributed by atoms with Crippen molar-refractivity contribution in [1.82, 2.24) is 15.0 Å². The number of hydrogen-bond donors (Lipinski definition) is 2. The molecule has 3 N–H and O–H groups in total. The van der Waals surface area contributed by atoms with Gasteiger partial charge in [0, 0.05) is 17.6 Å². The molecule has 0 fully saturated rings. The SMILES string of the molecule is Cc1ccnc(Sc2nc(C)cc(C)c2C(N)=NO)n1. The van der Waals surface area contributed by atoms with E-state index in [9.17, 15) is 0 Å². The third-order valence-electron chi connectivity index (χ3n) is 2.64. The molecular formula is C13H15N5OS. The number of aromatic nitrogens is 3. The number of nitrogens with two attached hydrogens (primary N) is 1. The molecule has 2 aromatic heterocycles. The summed E-state index contributed by atoms with van der Waals surface area (Å²) in [5.41, 5.74) is 8.96. The van der Waals surface area contributed by atoms with E-state index in [4.69, 9.17) is 10.9 Å². The molecule has 0 radical (unpaired) electrons. The Bertz CT molecular complexity index is 672. The zero-order chi connectivity index (χ0) is 14.7. The van der Waals surface area contributed by atoms with Gasteiger partial charge in [-0.25, -0.2) is 15.0 Å². The van der Waals surface area contributed by atoms with E-state index in [0.29, 0.717) is 15.7 Å². The van der Waals surface area contributed by atoms with E-state index in [1.807, 2.05) is 32.9 Å². The lowest BCUT2D eigenvalue weighted by Crippen LogP contribution is -2.17. The van der Waals surface area contributed by atoms with Crippen LogP contribution in [0.5, 0.6) is 0 Å². The number of hydrogen-bond acceptors (Lipinski definition) is 6. The smallest absolute Gasteiger partial charge is 0.194 e. The van der Waals surface area contributed by atoms with Crippen molar-refractivity contribution in [2.24, 2.45) is 10.9 Å². The molecule has 20 heavy (non-hydrogen) atoms. The Morgan fingerprint density at radius 2 is 2.00 bits per heavy atom. The summed E-state index contributed by atoms with van der Waals surface area (Å²) in [7, 11) is 0. The zero-order valence-corrected chi connectivity index (χ0v) is 12.3. The molecule has 2 aromatic rings. The number of amidine groups is 1. The van der Waals surface area contributed by atoms with Gasteiger partial charge in [0.05, 0.1) is 5.56 Å². The Morgan fingerprint density at radius 3 is 2.65 bits per heavy atom. The van der Waals surface area contributed by atoms with Crippen molar-refractivity contribution in [3.05, 3.63) is 40.8 Å². The van der Waals surface area contributed by atoms with Crippen molar-refractivity contribution in [2.45, 2.75) is 31.0 Å². The van der Waals surface area contributed by atoms with Crippen LogP contribution in [0.4, 0.5) is 0 Å². The maximum absolute atomic E-state index is 8.91. The molecule has 0 aromatic carbocycles. The molecule has 104 valence electrons. The third kappa shape index (κ3) is 3.05. The molecule has 0 amide bonds. The predicted molar refractivity (Wildman–Crippen MR) is 77.1 cm³/mol. The second kappa shape index (κ2) is 5.87. The lowest BCUT2D eigenvalue weighted by atomic mass is 10.1. The first kappa shape index (κ1) is 14.3. The summed E-state index contributed by atoms with van der Waals surface area (Å²) in [6, 6.07) is 3.71. The first-order valence-corrected chi connectivity index (χ1v) is 6.76. The number of rotatable bonds is 3. The highest BCUT2D eigenvalue weighted by Crippen LogP contribution is 2.28. The molecule has 0 aliphatic carbocycles. The van der Waals surface area contributed by atoms with E-state index in [1.54, 1.807) is 6.20 Å². The minimum Gasteiger partial charge on any atom is -0.409 e. The Hall–Kier alpha value is -2.15. The van der Waals surface area contributed by atoms with Crippen LogP contribution in [0.3, 0.4) is 0 Å². The summed E-state index contributed by atoms with van der Waals surface area (Å²) >= 11 is 1.30. The molecule has 0 atom stereocenters. The van der Waals surface area contributed by atoms with Crippen LogP contribution in [-0.4, -0.2) is 26.0 Å². The average Bonchev–Trinajstić information content (AvgIpc) is 2.37. The van der Waals surface area contributed by atoms with Gasteiger partial charge in [-0.3, -0.25) is 0 Å². The van der Waals surface area contributed by atoms with Crippen LogP contribution >= 0.6 is 11.8 Å². The summed E-state index contributed by atoms with van der Waals surface area (Å²) in [6.45, 7) is 5.68. The van der Waals surface area contributed by atoms with Gasteiger partial charge in [0.25, 0.3) is 0 Å². The second-order valence-electron chi connectivity index (χ2n) is 4.33. The molecule has 2 heterocycles. The van der Waals surface area contributed by atoms with Crippen molar-refractivity contribution < 1.29 is 5.21 Å². The molecule has 0 bridgehead atoms. The molecule has 6 nitrogen and oxygen atoms in total. The van der Waals surface area contributed by atoms with Crippen LogP contribution < -0.4 is 5.73 Å². The molecule has 0 spiro atoms. The van der Waals surface area contributed by atoms with E-state index in [1.165, 1.54) is 11.8 Å². The van der Waals surface area contributed by atoms with Gasteiger partial charge < -0.3 is 10.9 Å². The predicted octanol–water partition coefficient (Wildman–Crippen LogP) is 2.04. The Labute approximate surface area is 121 Å². The van der Waals surface area contributed by atoms with Gasteiger partial charge in [0.1, 0.15) is 5.03 Å². The van der Waals surface area contributed by atoms with Crippen LogP contribution in [0.2, 0.25) is 0 Å². The minimum absolute atomic E-state index is 0.0325. The normalized spacial score (nSPS) is 11.7. The lowest BCUT2D eigenvalue weighted by Gasteiger charge is -2.10. The molecule has 2 rings (SSSR count). The van der Waals surface area contributed by atoms with Crippen LogP contribution in [0, 0.1) is 20.8 Å². The summed E-state index contributed by atoms with van der Waals surface area (Å²) in [4.78, 5) is 13.0. The number of oxime groups is 1. The molecular weight excluding hydrogens is 274 g/mol. The maximum Gasteiger partial charge on any atom is 0.194 e. The highest BCUT2D eigenvalue weighted by Gasteiger charge is 2.15. The summed E-state index contributed by atoms with van der Waals surface area (Å²) in [5.74, 6) is 0.0325. The molecule has 0 aliphatic heterocycles. The van der Waals surface area contributed by atoms with Crippen molar-refractivity contribution >= 4 is 17.6 Å². The topological polar surface area (TPSA) is 97.3 Å². The van der Waals surface area contributed by atoms with E-state index in [0.717, 1.165) is 17.0 Å². The van der Waals surface area contributed by atoms with Crippen molar-refractivity contribution in [3.63, 3.8) is 0 Å². The van der Waals surface area contributed by atoms with Gasteiger partial charge in [-0.05, 0) is 50.2 Å². The monoisotopic (exact) mass is 289 g/mol. The summed E-state index contributed by atoms with van der Waals surface area (Å²) in [6.07, 6.45) is 1.69. The van der Waals surface area contributed by atoms with Gasteiger partial charge in [-0.2, -0.15) is 0 Å². The minimum atomic E-state index is 0.0325. The van der Waals surface area contributed by atoms with Gasteiger partial charge in [0.15, 0.2) is 11.0 Å². The van der Waals surface area contributed by atoms with Crippen LogP contribution in [0.15, 0.2) is 33.7 Å². The van der Waals surface area contributed by atoms with Crippen molar-refractivity contribution in [1.29, 1.82) is 0 Å². The molecule has 0 saturated heterocycles. The van der Waals surface area contributed by atoms with Gasteiger partial charge in [-0.1, -0.05) is 5.16 Å². The average molecular weight is 289 g/mol. The fourth-order valence-corrected chi connectivity index (χ4v) is 2.83. The van der Waals surface area contributed by atoms with Gasteiger partial charge in [0.2, 0.25) is 0 Å². The van der Waals surface area contributed by atoms with E-state index in [2.05, 4.69) is 20.1 Å². The first-order valence-electron chi connectivity index (χ1n) is 5.95. The van der Waals surface area contributed by atoms with Crippen molar-refractivity contribution in [2.75, 3.05) is 0 Å². The zero-order valence-electron chi connectivity index (χ0n) is 11.5. The standard InChI is InChI=1S/C13H15N5OS/c1-7-6-9(3)16-12(10(7)11(14)18-19)20-13-15-5-4-8(2)17-13/h4-6,19H,1-3H3,(H2,14,18). The van der Waals surface area contributed by atoms with E-state index < -0.39 is 0 Å². The van der Waals surface area contributed by atoms with Crippen LogP contribution in [0.1, 0.15) is 22.5 Å². The molecule has 0 saturated carbocycles. The van der Waals surface area contributed by atoms with Crippen LogP contribution in [-0.2, 0) is 0 Å². The highest BCUT2D eigenvalue weighted by atomic mass is 32.2. The lowest BCUT2D eigenvalue weighted by molar-refractivity contribution is 0.318. The fraction of sp³-hybridized carbons (Fsp3) is 0.231. The molecule has 0 aliphatic rings. The van der Waals surface area contributed by atoms with Gasteiger partial charge in [-0.15, -0.1) is 0 Å². The van der Waals surface area contributed by atoms with Gasteiger partial charge >= 0.3 is 0 Å². The molecule has 0 unspecified atom stereocenters. The van der Waals surface area contributed by atoms with Crippen LogP contribution in [0.25, 0.3) is 0 Å². The number of pyridine rings is 1.